The summed E-state index contributed by atoms with van der Waals surface area (Å²) in [4.78, 5) is 24.2. The number of pyridine rings is 1. The predicted octanol–water partition coefficient (Wildman–Crippen LogP) is 4.10. The van der Waals surface area contributed by atoms with Crippen LogP contribution in [-0.4, -0.2) is 43.1 Å². The third-order valence-corrected chi connectivity index (χ3v) is 6.65. The molecule has 1 aromatic heterocycles. The summed E-state index contributed by atoms with van der Waals surface area (Å²) in [5.41, 5.74) is 2.03. The molecular formula is C24H29NO6. The number of fused-ring (bicyclic) bond motifs is 6. The summed E-state index contributed by atoms with van der Waals surface area (Å²) in [5, 5.41) is 9.51. The van der Waals surface area contributed by atoms with E-state index in [9.17, 15) is 14.7 Å². The van der Waals surface area contributed by atoms with Crippen molar-refractivity contribution >= 4 is 5.97 Å². The van der Waals surface area contributed by atoms with E-state index in [0.717, 1.165) is 36.1 Å². The Labute approximate surface area is 181 Å². The second-order valence-electron chi connectivity index (χ2n) is 9.01. The molecule has 1 aliphatic heterocycles. The summed E-state index contributed by atoms with van der Waals surface area (Å²) in [6.07, 6.45) is 4.28. The standard InChI is InChI=1S/C24H29NO6/c1-24(2)7-6-14-15-10-21(31-9-5-8-29-3)20(30-4)11-16(15)18-12-19(26)17(23(27)28)13-25(18)22(14)24/h10-14,22H,5-9H2,1-4H3,(H,27,28)/t14-,22-/m0/s1. The van der Waals surface area contributed by atoms with Crippen LogP contribution in [-0.2, 0) is 4.74 Å². The average molecular weight is 427 g/mol. The van der Waals surface area contributed by atoms with Gasteiger partial charge in [0.1, 0.15) is 5.56 Å². The van der Waals surface area contributed by atoms with Crippen LogP contribution in [0.1, 0.15) is 61.0 Å². The van der Waals surface area contributed by atoms with Gasteiger partial charge in [-0.3, -0.25) is 4.79 Å². The molecule has 7 nitrogen and oxygen atoms in total. The Bertz CT molecular complexity index is 1070. The SMILES string of the molecule is COCCCOc1cc2c(cc1OC)-c1cc(=O)c(C(=O)O)cn1[C@H]1[C@H]2CCC1(C)C. The fourth-order valence-corrected chi connectivity index (χ4v) is 5.19. The van der Waals surface area contributed by atoms with E-state index in [-0.39, 0.29) is 22.9 Å². The monoisotopic (exact) mass is 427 g/mol. The highest BCUT2D eigenvalue weighted by molar-refractivity contribution is 5.88. The van der Waals surface area contributed by atoms with E-state index in [1.54, 1.807) is 14.2 Å². The van der Waals surface area contributed by atoms with Gasteiger partial charge in [0.2, 0.25) is 0 Å². The molecule has 2 aromatic rings. The highest BCUT2D eigenvalue weighted by Crippen LogP contribution is 2.59. The summed E-state index contributed by atoms with van der Waals surface area (Å²) >= 11 is 0. The van der Waals surface area contributed by atoms with Gasteiger partial charge in [0.25, 0.3) is 0 Å². The number of carboxylic acid groups (broad SMARTS) is 1. The maximum absolute atomic E-state index is 12.6. The molecular weight excluding hydrogens is 398 g/mol. The van der Waals surface area contributed by atoms with Crippen LogP contribution in [0.15, 0.2) is 29.2 Å². The van der Waals surface area contributed by atoms with Gasteiger partial charge in [-0.05, 0) is 36.0 Å². The molecule has 1 saturated carbocycles. The normalized spacial score (nSPS) is 20.5. The van der Waals surface area contributed by atoms with E-state index in [4.69, 9.17) is 14.2 Å². The predicted molar refractivity (Wildman–Crippen MR) is 116 cm³/mol. The zero-order chi connectivity index (χ0) is 22.3. The molecule has 2 aliphatic rings. The van der Waals surface area contributed by atoms with Crippen LogP contribution in [0.2, 0.25) is 0 Å². The van der Waals surface area contributed by atoms with Gasteiger partial charge in [0.05, 0.1) is 19.4 Å². The summed E-state index contributed by atoms with van der Waals surface area (Å²) in [7, 11) is 3.26. The molecule has 4 rings (SSSR count). The number of hydrogen-bond donors (Lipinski definition) is 1. The number of hydrogen-bond acceptors (Lipinski definition) is 5. The van der Waals surface area contributed by atoms with Gasteiger partial charge in [-0.15, -0.1) is 0 Å². The molecule has 0 spiro atoms. The quantitative estimate of drug-likeness (QED) is 0.670. The molecule has 0 radical (unpaired) electrons. The molecule has 2 atom stereocenters. The van der Waals surface area contributed by atoms with E-state index >= 15 is 0 Å². The number of carbonyl (C=O) groups is 1. The third kappa shape index (κ3) is 3.61. The van der Waals surface area contributed by atoms with Crippen LogP contribution in [0.25, 0.3) is 11.3 Å². The van der Waals surface area contributed by atoms with Crippen molar-refractivity contribution in [3.8, 4) is 22.8 Å². The Kier molecular flexibility index (Phi) is 5.56. The molecule has 0 unspecified atom stereocenters. The van der Waals surface area contributed by atoms with Gasteiger partial charge in [-0.1, -0.05) is 13.8 Å². The smallest absolute Gasteiger partial charge is 0.341 e. The van der Waals surface area contributed by atoms with Crippen LogP contribution in [0, 0.1) is 5.41 Å². The molecule has 1 aliphatic carbocycles. The Balaban J connectivity index is 1.88. The first-order valence-electron chi connectivity index (χ1n) is 10.6. The van der Waals surface area contributed by atoms with Gasteiger partial charge in [0, 0.05) is 49.9 Å². The van der Waals surface area contributed by atoms with Gasteiger partial charge in [0.15, 0.2) is 16.9 Å². The lowest BCUT2D eigenvalue weighted by Crippen LogP contribution is -2.32. The van der Waals surface area contributed by atoms with Crippen molar-refractivity contribution in [3.05, 3.63) is 45.7 Å². The van der Waals surface area contributed by atoms with Crippen LogP contribution in [0.3, 0.4) is 0 Å². The molecule has 2 heterocycles. The van der Waals surface area contributed by atoms with Crippen molar-refractivity contribution in [2.75, 3.05) is 27.4 Å². The van der Waals surface area contributed by atoms with Crippen molar-refractivity contribution in [1.82, 2.24) is 4.57 Å². The molecule has 7 heteroatoms. The summed E-state index contributed by atoms with van der Waals surface area (Å²) in [6.45, 7) is 5.54. The first-order valence-corrected chi connectivity index (χ1v) is 10.6. The van der Waals surface area contributed by atoms with Gasteiger partial charge < -0.3 is 23.9 Å². The number of benzene rings is 1. The number of ether oxygens (including phenoxy) is 3. The minimum absolute atomic E-state index is 0.0403. The van der Waals surface area contributed by atoms with E-state index < -0.39 is 11.4 Å². The second kappa shape index (κ2) is 8.04. The zero-order valence-corrected chi connectivity index (χ0v) is 18.4. The number of rotatable bonds is 7. The molecule has 1 N–H and O–H groups in total. The summed E-state index contributed by atoms with van der Waals surface area (Å²) < 4.78 is 18.7. The molecule has 1 aromatic carbocycles. The van der Waals surface area contributed by atoms with Crippen LogP contribution in [0.5, 0.6) is 11.5 Å². The number of nitrogens with zero attached hydrogens (tertiary/aromatic N) is 1. The molecule has 0 saturated heterocycles. The fourth-order valence-electron chi connectivity index (χ4n) is 5.19. The number of aromatic carboxylic acids is 1. The number of methoxy groups -OCH3 is 2. The van der Waals surface area contributed by atoms with E-state index in [2.05, 4.69) is 13.8 Å². The highest BCUT2D eigenvalue weighted by atomic mass is 16.5. The lowest BCUT2D eigenvalue weighted by atomic mass is 9.77. The van der Waals surface area contributed by atoms with Crippen molar-refractivity contribution in [3.63, 3.8) is 0 Å². The van der Waals surface area contributed by atoms with Gasteiger partial charge >= 0.3 is 5.97 Å². The highest BCUT2D eigenvalue weighted by Gasteiger charge is 2.47. The van der Waals surface area contributed by atoms with Gasteiger partial charge in [-0.2, -0.15) is 0 Å². The minimum Gasteiger partial charge on any atom is -0.493 e. The summed E-state index contributed by atoms with van der Waals surface area (Å²) in [5.74, 6) is 0.275. The lowest BCUT2D eigenvalue weighted by molar-refractivity contribution is 0.0693. The maximum Gasteiger partial charge on any atom is 0.341 e. The molecule has 0 bridgehead atoms. The first kappa shape index (κ1) is 21.4. The van der Waals surface area contributed by atoms with Crippen molar-refractivity contribution < 1.29 is 24.1 Å². The molecule has 0 amide bonds. The number of aromatic nitrogens is 1. The van der Waals surface area contributed by atoms with Crippen molar-refractivity contribution in [2.45, 2.75) is 45.1 Å². The zero-order valence-electron chi connectivity index (χ0n) is 18.4. The Morgan fingerprint density at radius 1 is 1.19 bits per heavy atom. The second-order valence-corrected chi connectivity index (χ2v) is 9.01. The Morgan fingerprint density at radius 2 is 1.97 bits per heavy atom. The Hall–Kier alpha value is -2.80. The van der Waals surface area contributed by atoms with Gasteiger partial charge in [-0.25, -0.2) is 4.79 Å². The lowest BCUT2D eigenvalue weighted by Gasteiger charge is -2.40. The Morgan fingerprint density at radius 3 is 2.65 bits per heavy atom. The molecule has 31 heavy (non-hydrogen) atoms. The van der Waals surface area contributed by atoms with E-state index in [1.807, 2.05) is 16.7 Å². The largest absolute Gasteiger partial charge is 0.493 e. The van der Waals surface area contributed by atoms with Crippen molar-refractivity contribution in [2.24, 2.45) is 5.41 Å². The summed E-state index contributed by atoms with van der Waals surface area (Å²) in [6, 6.07) is 5.46. The number of carboxylic acids is 1. The first-order chi connectivity index (χ1) is 14.8. The minimum atomic E-state index is -1.20. The molecule has 1 fully saturated rings. The van der Waals surface area contributed by atoms with Crippen LogP contribution >= 0.6 is 0 Å². The average Bonchev–Trinajstić information content (AvgIpc) is 3.05. The van der Waals surface area contributed by atoms with Crippen molar-refractivity contribution in [1.29, 1.82) is 0 Å². The van der Waals surface area contributed by atoms with E-state index in [1.165, 1.54) is 12.3 Å². The molecule has 166 valence electrons. The van der Waals surface area contributed by atoms with Crippen LogP contribution in [0.4, 0.5) is 0 Å². The topological polar surface area (TPSA) is 87.0 Å². The third-order valence-electron chi connectivity index (χ3n) is 6.65. The van der Waals surface area contributed by atoms with E-state index in [0.29, 0.717) is 24.7 Å². The van der Waals surface area contributed by atoms with Crippen LogP contribution < -0.4 is 14.9 Å². The fraction of sp³-hybridized carbons (Fsp3) is 0.500. The maximum atomic E-state index is 12.6.